The number of phenols is 2. The van der Waals surface area contributed by atoms with Crippen molar-refractivity contribution in [3.63, 3.8) is 0 Å². The van der Waals surface area contributed by atoms with Crippen LogP contribution in [-0.2, 0) is 4.79 Å². The molecule has 0 heterocycles. The summed E-state index contributed by atoms with van der Waals surface area (Å²) in [6, 6.07) is 9.14. The third-order valence-electron chi connectivity index (χ3n) is 3.07. The molecule has 0 aliphatic rings. The molecule has 23 heavy (non-hydrogen) atoms. The van der Waals surface area contributed by atoms with E-state index in [4.69, 9.17) is 4.74 Å². The van der Waals surface area contributed by atoms with Gasteiger partial charge in [-0.3, -0.25) is 9.59 Å². The van der Waals surface area contributed by atoms with Crippen molar-refractivity contribution in [1.82, 2.24) is 0 Å². The molecule has 0 atom stereocenters. The largest absolute Gasteiger partial charge is 0.508 e. The number of phenolic OH excluding ortho intramolecular Hbond substituents is 2. The van der Waals surface area contributed by atoms with E-state index in [1.807, 2.05) is 0 Å². The van der Waals surface area contributed by atoms with Gasteiger partial charge in [-0.05, 0) is 36.2 Å². The molecule has 0 aromatic heterocycles. The Bertz CT molecular complexity index is 773. The highest BCUT2D eigenvalue weighted by atomic mass is 16.5. The van der Waals surface area contributed by atoms with Crippen molar-refractivity contribution in [2.45, 2.75) is 13.8 Å². The summed E-state index contributed by atoms with van der Waals surface area (Å²) in [5.74, 6) is -0.800. The minimum absolute atomic E-state index is 0.0235. The lowest BCUT2D eigenvalue weighted by atomic mass is 10.0. The number of benzene rings is 2. The minimum atomic E-state index is -0.577. The van der Waals surface area contributed by atoms with Gasteiger partial charge >= 0.3 is 5.97 Å². The molecule has 2 N–H and O–H groups in total. The van der Waals surface area contributed by atoms with Gasteiger partial charge in [-0.25, -0.2) is 0 Å². The molecule has 5 heteroatoms. The fourth-order valence-electron chi connectivity index (χ4n) is 2.14. The number of hydrogen-bond donors (Lipinski definition) is 2. The summed E-state index contributed by atoms with van der Waals surface area (Å²) in [6.07, 6.45) is 3.36. The average molecular weight is 312 g/mol. The second kappa shape index (κ2) is 6.79. The molecule has 0 fully saturated rings. The second-order valence-electron chi connectivity index (χ2n) is 4.98. The van der Waals surface area contributed by atoms with Crippen molar-refractivity contribution >= 4 is 23.9 Å². The molecule has 118 valence electrons. The van der Waals surface area contributed by atoms with Crippen LogP contribution in [0.2, 0.25) is 0 Å². The van der Waals surface area contributed by atoms with Gasteiger partial charge < -0.3 is 14.9 Å². The molecule has 0 saturated heterocycles. The first-order chi connectivity index (χ1) is 10.9. The standard InChI is InChI=1S/C18H16O5/c1-11(19)18-14(6-3-13-4-7-15(21)8-5-13)9-16(22)10-17(18)23-12(2)20/h3-10,21-22H,1-2H3. The van der Waals surface area contributed by atoms with Gasteiger partial charge in [-0.15, -0.1) is 0 Å². The van der Waals surface area contributed by atoms with Gasteiger partial charge in [0.1, 0.15) is 17.2 Å². The molecule has 5 nitrogen and oxygen atoms in total. The maximum Gasteiger partial charge on any atom is 0.308 e. The zero-order chi connectivity index (χ0) is 17.0. The van der Waals surface area contributed by atoms with Crippen LogP contribution in [0.4, 0.5) is 0 Å². The normalized spacial score (nSPS) is 10.7. The fourth-order valence-corrected chi connectivity index (χ4v) is 2.14. The minimum Gasteiger partial charge on any atom is -0.508 e. The summed E-state index contributed by atoms with van der Waals surface area (Å²) in [5.41, 5.74) is 1.45. The molecule has 2 rings (SSSR count). The first-order valence-corrected chi connectivity index (χ1v) is 6.90. The topological polar surface area (TPSA) is 83.8 Å². The molecule has 0 aliphatic carbocycles. The van der Waals surface area contributed by atoms with Crippen molar-refractivity contribution < 1.29 is 24.5 Å². The Morgan fingerprint density at radius 1 is 0.957 bits per heavy atom. The molecule has 0 aliphatic heterocycles. The zero-order valence-corrected chi connectivity index (χ0v) is 12.7. The lowest BCUT2D eigenvalue weighted by molar-refractivity contribution is -0.131. The van der Waals surface area contributed by atoms with Gasteiger partial charge in [0.05, 0.1) is 5.56 Å². The molecule has 2 aromatic rings. The van der Waals surface area contributed by atoms with Gasteiger partial charge in [0.15, 0.2) is 5.78 Å². The van der Waals surface area contributed by atoms with Gasteiger partial charge in [0.25, 0.3) is 0 Å². The third-order valence-corrected chi connectivity index (χ3v) is 3.07. The number of rotatable bonds is 4. The number of ether oxygens (including phenoxy) is 1. The van der Waals surface area contributed by atoms with E-state index >= 15 is 0 Å². The lowest BCUT2D eigenvalue weighted by Crippen LogP contribution is -2.07. The SMILES string of the molecule is CC(=O)Oc1cc(O)cc(C=Cc2ccc(O)cc2)c1C(C)=O. The number of esters is 1. The Morgan fingerprint density at radius 3 is 2.17 bits per heavy atom. The van der Waals surface area contributed by atoms with E-state index in [1.165, 1.54) is 38.1 Å². The Hall–Kier alpha value is -3.08. The van der Waals surface area contributed by atoms with Crippen molar-refractivity contribution in [1.29, 1.82) is 0 Å². The summed E-state index contributed by atoms with van der Waals surface area (Å²) < 4.78 is 5.01. The number of carbonyl (C=O) groups is 2. The van der Waals surface area contributed by atoms with Crippen molar-refractivity contribution in [2.24, 2.45) is 0 Å². The van der Waals surface area contributed by atoms with Crippen molar-refractivity contribution in [3.8, 4) is 17.2 Å². The Labute approximate surface area is 133 Å². The molecule has 2 aromatic carbocycles. The Kier molecular flexibility index (Phi) is 4.81. The highest BCUT2D eigenvalue weighted by molar-refractivity contribution is 6.02. The van der Waals surface area contributed by atoms with Crippen LogP contribution in [0, 0.1) is 0 Å². The molecule has 0 amide bonds. The van der Waals surface area contributed by atoms with Crippen LogP contribution in [0.25, 0.3) is 12.2 Å². The maximum atomic E-state index is 11.9. The van der Waals surface area contributed by atoms with E-state index in [0.29, 0.717) is 5.56 Å². The smallest absolute Gasteiger partial charge is 0.308 e. The van der Waals surface area contributed by atoms with Gasteiger partial charge in [0, 0.05) is 13.0 Å². The molecular formula is C18H16O5. The fraction of sp³-hybridized carbons (Fsp3) is 0.111. The van der Waals surface area contributed by atoms with Crippen LogP contribution in [0.5, 0.6) is 17.2 Å². The third kappa shape index (κ3) is 4.20. The average Bonchev–Trinajstić information content (AvgIpc) is 2.45. The number of Topliss-reactive ketones (excluding diaryl/α,β-unsaturated/α-hetero) is 1. The first kappa shape index (κ1) is 16.3. The van der Waals surface area contributed by atoms with Crippen LogP contribution >= 0.6 is 0 Å². The highest BCUT2D eigenvalue weighted by Crippen LogP contribution is 2.30. The predicted molar refractivity (Wildman–Crippen MR) is 86.5 cm³/mol. The Balaban J connectivity index is 2.47. The Morgan fingerprint density at radius 2 is 1.61 bits per heavy atom. The lowest BCUT2D eigenvalue weighted by Gasteiger charge is -2.10. The summed E-state index contributed by atoms with van der Waals surface area (Å²) in [7, 11) is 0. The number of hydrogen-bond acceptors (Lipinski definition) is 5. The first-order valence-electron chi connectivity index (χ1n) is 6.90. The zero-order valence-electron chi connectivity index (χ0n) is 12.7. The quantitative estimate of drug-likeness (QED) is 0.391. The van der Waals surface area contributed by atoms with Crippen molar-refractivity contribution in [3.05, 3.63) is 53.1 Å². The molecule has 0 spiro atoms. The summed E-state index contributed by atoms with van der Waals surface area (Å²) in [6.45, 7) is 2.58. The second-order valence-corrected chi connectivity index (χ2v) is 4.98. The number of carbonyl (C=O) groups excluding carboxylic acids is 2. The number of ketones is 1. The van der Waals surface area contributed by atoms with Crippen LogP contribution in [0.15, 0.2) is 36.4 Å². The maximum absolute atomic E-state index is 11.9. The monoisotopic (exact) mass is 312 g/mol. The van der Waals surface area contributed by atoms with Crippen LogP contribution in [0.3, 0.4) is 0 Å². The van der Waals surface area contributed by atoms with E-state index in [0.717, 1.165) is 5.56 Å². The summed E-state index contributed by atoms with van der Waals surface area (Å²) in [5, 5.41) is 19.0. The van der Waals surface area contributed by atoms with E-state index in [9.17, 15) is 19.8 Å². The van der Waals surface area contributed by atoms with Crippen LogP contribution in [-0.4, -0.2) is 22.0 Å². The molecule has 0 bridgehead atoms. The molecule has 0 radical (unpaired) electrons. The molecular weight excluding hydrogens is 296 g/mol. The van der Waals surface area contributed by atoms with Gasteiger partial charge in [-0.1, -0.05) is 24.3 Å². The van der Waals surface area contributed by atoms with E-state index in [-0.39, 0.29) is 28.6 Å². The van der Waals surface area contributed by atoms with Crippen LogP contribution in [0.1, 0.15) is 35.3 Å². The summed E-state index contributed by atoms with van der Waals surface area (Å²) >= 11 is 0. The molecule has 0 saturated carbocycles. The van der Waals surface area contributed by atoms with E-state index < -0.39 is 5.97 Å². The van der Waals surface area contributed by atoms with Gasteiger partial charge in [-0.2, -0.15) is 0 Å². The van der Waals surface area contributed by atoms with Gasteiger partial charge in [0.2, 0.25) is 0 Å². The van der Waals surface area contributed by atoms with E-state index in [2.05, 4.69) is 0 Å². The van der Waals surface area contributed by atoms with E-state index in [1.54, 1.807) is 24.3 Å². The highest BCUT2D eigenvalue weighted by Gasteiger charge is 2.16. The summed E-state index contributed by atoms with van der Waals surface area (Å²) in [4.78, 5) is 23.1. The number of aromatic hydroxyl groups is 2. The predicted octanol–water partition coefficient (Wildman–Crippen LogP) is 3.40. The van der Waals surface area contributed by atoms with Crippen LogP contribution < -0.4 is 4.74 Å². The van der Waals surface area contributed by atoms with Crippen molar-refractivity contribution in [2.75, 3.05) is 0 Å². The molecule has 0 unspecified atom stereocenters.